The lowest BCUT2D eigenvalue weighted by atomic mass is 9.84. The van der Waals surface area contributed by atoms with Gasteiger partial charge < -0.3 is 0 Å². The van der Waals surface area contributed by atoms with Crippen molar-refractivity contribution in [1.29, 1.82) is 0 Å². The minimum atomic E-state index is 0.172. The van der Waals surface area contributed by atoms with Crippen LogP contribution in [-0.4, -0.2) is 0 Å². The van der Waals surface area contributed by atoms with Crippen LogP contribution >= 0.6 is 0 Å². The number of aryl methyl sites for hydroxylation is 2. The molecule has 0 fully saturated rings. The third-order valence-electron chi connectivity index (χ3n) is 10.8. The molecule has 0 heterocycles. The average Bonchev–Trinajstić information content (AvgIpc) is 3.33. The van der Waals surface area contributed by atoms with Crippen molar-refractivity contribution in [3.8, 4) is 36.3 Å². The van der Waals surface area contributed by atoms with E-state index in [4.69, 9.17) is 6.42 Å². The lowest BCUT2D eigenvalue weighted by Crippen LogP contribution is -2.03. The predicted octanol–water partition coefficient (Wildman–Crippen LogP) is 17.2. The molecule has 0 aliphatic heterocycles. The lowest BCUT2D eigenvalue weighted by molar-refractivity contribution is 0.956. The van der Waals surface area contributed by atoms with Gasteiger partial charge >= 0.3 is 0 Å². The summed E-state index contributed by atoms with van der Waals surface area (Å²) in [7, 11) is 0. The van der Waals surface area contributed by atoms with Gasteiger partial charge in [-0.25, -0.2) is 0 Å². The third-order valence-corrected chi connectivity index (χ3v) is 10.8. The van der Waals surface area contributed by atoms with Gasteiger partial charge in [0.1, 0.15) is 0 Å². The van der Waals surface area contributed by atoms with Crippen LogP contribution < -0.4 is 0 Å². The second-order valence-corrected chi connectivity index (χ2v) is 14.1. The highest BCUT2D eigenvalue weighted by atomic mass is 14.2. The largest absolute Gasteiger partial charge is 0.124 e. The Kier molecular flexibility index (Phi) is 20.5. The SMILES string of the molecule is C#C.C#CC(C)c1cc2ccccc2c2c1C=CCC2.C/C=C\C(=C/C)c1cccc(Cc2cc(-c3cc4ccccc4c4c3CCC=C4)ccc2C)c1.CC.CC.CC. The smallest absolute Gasteiger partial charge is 0.0427 e. The molecular weight excluding hydrogens is 721 g/mol. The first-order chi connectivity index (χ1) is 29.5. The van der Waals surface area contributed by atoms with Crippen LogP contribution in [0.25, 0.3) is 50.4 Å². The van der Waals surface area contributed by atoms with E-state index in [0.717, 1.165) is 32.1 Å². The van der Waals surface area contributed by atoms with Gasteiger partial charge in [-0.1, -0.05) is 181 Å². The van der Waals surface area contributed by atoms with Gasteiger partial charge in [-0.05, 0) is 160 Å². The second kappa shape index (κ2) is 25.4. The summed E-state index contributed by atoms with van der Waals surface area (Å²) in [5.74, 6) is 3.03. The Morgan fingerprint density at radius 3 is 1.95 bits per heavy atom. The molecule has 0 radical (unpaired) electrons. The zero-order chi connectivity index (χ0) is 44.0. The van der Waals surface area contributed by atoms with Gasteiger partial charge in [0, 0.05) is 5.92 Å². The summed E-state index contributed by atoms with van der Waals surface area (Å²) in [6.07, 6.45) is 34.6. The predicted molar refractivity (Wildman–Crippen MR) is 272 cm³/mol. The molecule has 0 heteroatoms. The zero-order valence-corrected chi connectivity index (χ0v) is 38.2. The summed E-state index contributed by atoms with van der Waals surface area (Å²) in [5, 5.41) is 5.37. The summed E-state index contributed by atoms with van der Waals surface area (Å²) in [5.41, 5.74) is 16.4. The molecule has 0 bridgehead atoms. The molecule has 0 nitrogen and oxygen atoms in total. The fourth-order valence-corrected chi connectivity index (χ4v) is 8.02. The molecule has 1 unspecified atom stereocenters. The molecule has 6 aromatic rings. The molecule has 2 aliphatic carbocycles. The number of rotatable bonds is 6. The van der Waals surface area contributed by atoms with E-state index in [1.165, 1.54) is 88.3 Å². The first-order valence-electron chi connectivity index (χ1n) is 22.2. The fraction of sp³-hybridized carbons (Fsp3) is 0.267. The van der Waals surface area contributed by atoms with Gasteiger partial charge in [0.2, 0.25) is 0 Å². The Morgan fingerprint density at radius 2 is 1.30 bits per heavy atom. The number of allylic oxidation sites excluding steroid dienone is 6. The molecule has 0 saturated carbocycles. The lowest BCUT2D eigenvalue weighted by Gasteiger charge is -2.20. The number of hydrogen-bond acceptors (Lipinski definition) is 0. The highest BCUT2D eigenvalue weighted by Crippen LogP contribution is 2.38. The van der Waals surface area contributed by atoms with E-state index in [9.17, 15) is 0 Å². The van der Waals surface area contributed by atoms with E-state index in [1.807, 2.05) is 41.5 Å². The van der Waals surface area contributed by atoms with Gasteiger partial charge in [-0.2, -0.15) is 0 Å². The highest BCUT2D eigenvalue weighted by molar-refractivity contribution is 5.97. The van der Waals surface area contributed by atoms with Crippen molar-refractivity contribution in [1.82, 2.24) is 0 Å². The fourth-order valence-electron chi connectivity index (χ4n) is 8.02. The van der Waals surface area contributed by atoms with E-state index >= 15 is 0 Å². The van der Waals surface area contributed by atoms with Gasteiger partial charge in [-0.3, -0.25) is 0 Å². The topological polar surface area (TPSA) is 0 Å². The summed E-state index contributed by atoms with van der Waals surface area (Å²) >= 11 is 0. The maximum Gasteiger partial charge on any atom is 0.0427 e. The maximum atomic E-state index is 5.61. The molecule has 60 heavy (non-hydrogen) atoms. The monoisotopic (exact) mass is 789 g/mol. The van der Waals surface area contributed by atoms with E-state index in [0.29, 0.717) is 0 Å². The minimum absolute atomic E-state index is 0.172. The molecule has 8 rings (SSSR count). The third kappa shape index (κ3) is 11.6. The van der Waals surface area contributed by atoms with Crippen molar-refractivity contribution >= 4 is 39.3 Å². The first kappa shape index (κ1) is 48.3. The number of fused-ring (bicyclic) bond motifs is 6. The van der Waals surface area contributed by atoms with Crippen molar-refractivity contribution in [3.05, 3.63) is 184 Å². The Balaban J connectivity index is 0.000000311. The van der Waals surface area contributed by atoms with Gasteiger partial charge in [0.05, 0.1) is 0 Å². The average molecular weight is 789 g/mol. The Hall–Kier alpha value is -6.08. The molecule has 6 aromatic carbocycles. The van der Waals surface area contributed by atoms with E-state index in [-0.39, 0.29) is 5.92 Å². The summed E-state index contributed by atoms with van der Waals surface area (Å²) < 4.78 is 0. The Bertz CT molecular complexity index is 2480. The van der Waals surface area contributed by atoms with Crippen LogP contribution in [0, 0.1) is 32.1 Å². The number of hydrogen-bond donors (Lipinski definition) is 0. The van der Waals surface area contributed by atoms with E-state index < -0.39 is 0 Å². The van der Waals surface area contributed by atoms with Gasteiger partial charge in [0.25, 0.3) is 0 Å². The van der Waals surface area contributed by atoms with Crippen LogP contribution in [0.2, 0.25) is 0 Å². The Labute approximate surface area is 364 Å². The molecule has 2 aliphatic rings. The standard InChI is InChI=1S/C34H32.C18H16.3C2H6.C2H2/c1-4-11-26(5-2)27-14-10-12-25(20-27)21-30-22-29(19-18-24(30)3)34-23-28-13-6-7-15-31(28)32-16-8-9-17-33(32)34;1-3-13(2)18-12-14-8-4-5-9-15(14)16-10-6-7-11-17(16)18;4*1-2/h4-8,10-16,18-20,22-23H,9,17,21H2,1-3H3;1,4-5,7-9,11-13H,6,10H2,2H3;3*1-2H3;1-2H/b11-4-,26-5+;;;;;. The molecule has 0 spiro atoms. The summed E-state index contributed by atoms with van der Waals surface area (Å²) in [6, 6.07) is 38.1. The molecule has 308 valence electrons. The van der Waals surface area contributed by atoms with Crippen molar-refractivity contribution in [2.24, 2.45) is 0 Å². The maximum absolute atomic E-state index is 5.61. The van der Waals surface area contributed by atoms with Gasteiger partial charge in [0.15, 0.2) is 0 Å². The molecule has 0 aromatic heterocycles. The highest BCUT2D eigenvalue weighted by Gasteiger charge is 2.18. The number of benzene rings is 6. The van der Waals surface area contributed by atoms with Crippen molar-refractivity contribution in [2.45, 2.75) is 107 Å². The van der Waals surface area contributed by atoms with Crippen LogP contribution in [0.4, 0.5) is 0 Å². The van der Waals surface area contributed by atoms with Crippen LogP contribution in [0.15, 0.2) is 134 Å². The summed E-state index contributed by atoms with van der Waals surface area (Å²) in [6.45, 7) is 20.5. The molecule has 0 N–H and O–H groups in total. The molecule has 0 saturated heterocycles. The summed E-state index contributed by atoms with van der Waals surface area (Å²) in [4.78, 5) is 0. The Morgan fingerprint density at radius 1 is 0.683 bits per heavy atom. The normalized spacial score (nSPS) is 12.6. The number of terminal acetylenes is 2. The molecule has 0 amide bonds. The van der Waals surface area contributed by atoms with E-state index in [1.54, 1.807) is 0 Å². The van der Waals surface area contributed by atoms with Gasteiger partial charge in [-0.15, -0.1) is 19.3 Å². The second-order valence-electron chi connectivity index (χ2n) is 14.1. The van der Waals surface area contributed by atoms with Crippen LogP contribution in [-0.2, 0) is 19.3 Å². The van der Waals surface area contributed by atoms with Crippen molar-refractivity contribution in [2.75, 3.05) is 0 Å². The minimum Gasteiger partial charge on any atom is -0.124 e. The quantitative estimate of drug-likeness (QED) is 0.116. The van der Waals surface area contributed by atoms with Crippen LogP contribution in [0.5, 0.6) is 0 Å². The van der Waals surface area contributed by atoms with Crippen molar-refractivity contribution < 1.29 is 0 Å². The molecular formula is C60H68. The van der Waals surface area contributed by atoms with Crippen LogP contribution in [0.1, 0.15) is 131 Å². The van der Waals surface area contributed by atoms with E-state index in [2.05, 4.69) is 192 Å². The van der Waals surface area contributed by atoms with Crippen molar-refractivity contribution in [3.63, 3.8) is 0 Å². The van der Waals surface area contributed by atoms with Crippen LogP contribution in [0.3, 0.4) is 0 Å². The first-order valence-corrected chi connectivity index (χ1v) is 22.2. The zero-order valence-electron chi connectivity index (χ0n) is 38.2. The molecule has 1 atom stereocenters.